The molecule has 0 aromatic heterocycles. The maximum atomic E-state index is 13.9. The smallest absolute Gasteiger partial charge is 0.262 e. The fraction of sp³-hybridized carbons (Fsp3) is 0.292. The zero-order valence-corrected chi connectivity index (χ0v) is 18.2. The highest BCUT2D eigenvalue weighted by Crippen LogP contribution is 2.28. The molecule has 0 aliphatic rings. The number of hydrogen-bond donors (Lipinski definition) is 2. The highest BCUT2D eigenvalue weighted by molar-refractivity contribution is 5.98. The molecular formula is C24H26FN3O4. The second-order valence-electron chi connectivity index (χ2n) is 7.04. The zero-order valence-electron chi connectivity index (χ0n) is 18.2. The van der Waals surface area contributed by atoms with Gasteiger partial charge in [-0.1, -0.05) is 31.9 Å². The Morgan fingerprint density at radius 2 is 1.94 bits per heavy atom. The Bertz CT molecular complexity index is 1010. The third kappa shape index (κ3) is 6.84. The summed E-state index contributed by atoms with van der Waals surface area (Å²) in [6, 6.07) is 9.78. The highest BCUT2D eigenvalue weighted by Gasteiger charge is 2.25. The summed E-state index contributed by atoms with van der Waals surface area (Å²) >= 11 is 0. The van der Waals surface area contributed by atoms with Crippen LogP contribution in [0.15, 0.2) is 47.6 Å². The number of hydrogen-bond acceptors (Lipinski definition) is 5. The summed E-state index contributed by atoms with van der Waals surface area (Å²) in [6.45, 7) is 5.91. The van der Waals surface area contributed by atoms with E-state index in [1.54, 1.807) is 38.1 Å². The summed E-state index contributed by atoms with van der Waals surface area (Å²) < 4.78 is 24.8. The van der Waals surface area contributed by atoms with Crippen molar-refractivity contribution in [2.45, 2.75) is 26.8 Å². The van der Waals surface area contributed by atoms with E-state index in [1.165, 1.54) is 24.4 Å². The van der Waals surface area contributed by atoms with Crippen molar-refractivity contribution in [3.05, 3.63) is 59.4 Å². The summed E-state index contributed by atoms with van der Waals surface area (Å²) in [5, 5.41) is 6.51. The molecule has 8 heteroatoms. The third-order valence-electron chi connectivity index (χ3n) is 4.32. The molecular weight excluding hydrogens is 413 g/mol. The molecule has 0 fully saturated rings. The Morgan fingerprint density at radius 1 is 1.19 bits per heavy atom. The van der Waals surface area contributed by atoms with E-state index in [-0.39, 0.29) is 18.1 Å². The number of terminal acetylenes is 1. The maximum absolute atomic E-state index is 13.9. The average Bonchev–Trinajstić information content (AvgIpc) is 2.77. The molecule has 0 bridgehead atoms. The van der Waals surface area contributed by atoms with E-state index >= 15 is 0 Å². The monoisotopic (exact) mass is 439 g/mol. The minimum Gasteiger partial charge on any atom is -0.490 e. The minimum absolute atomic E-state index is 0.110. The Labute approximate surface area is 187 Å². The fourth-order valence-corrected chi connectivity index (χ4v) is 2.75. The number of hydrazone groups is 1. The molecule has 2 aromatic rings. The fourth-order valence-electron chi connectivity index (χ4n) is 2.75. The SMILES string of the molecule is C#CCOc1ccc(C=NNC(=O)C(NC(=O)c2ccccc2F)C(C)C)cc1OCC. The van der Waals surface area contributed by atoms with Gasteiger partial charge in [0.2, 0.25) is 0 Å². The van der Waals surface area contributed by atoms with Gasteiger partial charge in [-0.25, -0.2) is 9.82 Å². The van der Waals surface area contributed by atoms with Crippen molar-refractivity contribution in [2.75, 3.05) is 13.2 Å². The molecule has 2 amide bonds. The van der Waals surface area contributed by atoms with Crippen molar-refractivity contribution < 1.29 is 23.5 Å². The third-order valence-corrected chi connectivity index (χ3v) is 4.32. The number of halogens is 1. The number of carbonyl (C=O) groups is 2. The highest BCUT2D eigenvalue weighted by atomic mass is 19.1. The average molecular weight is 439 g/mol. The van der Waals surface area contributed by atoms with Crippen molar-refractivity contribution in [1.29, 1.82) is 0 Å². The Hall–Kier alpha value is -3.86. The zero-order chi connectivity index (χ0) is 23.5. The molecule has 2 aromatic carbocycles. The van der Waals surface area contributed by atoms with Crippen LogP contribution in [-0.4, -0.2) is 37.3 Å². The van der Waals surface area contributed by atoms with Crippen molar-refractivity contribution in [3.8, 4) is 23.8 Å². The first kappa shape index (κ1) is 24.4. The summed E-state index contributed by atoms with van der Waals surface area (Å²) in [5.74, 6) is 1.27. The van der Waals surface area contributed by atoms with Gasteiger partial charge in [0, 0.05) is 0 Å². The van der Waals surface area contributed by atoms with E-state index in [0.29, 0.717) is 23.7 Å². The molecule has 1 atom stereocenters. The maximum Gasteiger partial charge on any atom is 0.262 e. The van der Waals surface area contributed by atoms with Crippen LogP contribution >= 0.6 is 0 Å². The van der Waals surface area contributed by atoms with Gasteiger partial charge in [-0.3, -0.25) is 9.59 Å². The van der Waals surface area contributed by atoms with Crippen LogP contribution in [0.4, 0.5) is 4.39 Å². The van der Waals surface area contributed by atoms with Crippen LogP contribution in [0, 0.1) is 24.1 Å². The standard InChI is InChI=1S/C24H26FN3O4/c1-5-13-32-20-12-11-17(14-21(20)31-6-2)15-26-28-24(30)22(16(3)4)27-23(29)18-9-7-8-10-19(18)25/h1,7-12,14-16,22H,6,13H2,2-4H3,(H,27,29)(H,28,30). The first-order valence-electron chi connectivity index (χ1n) is 10.1. The molecule has 168 valence electrons. The number of rotatable bonds is 10. The molecule has 7 nitrogen and oxygen atoms in total. The topological polar surface area (TPSA) is 89.0 Å². The summed E-state index contributed by atoms with van der Waals surface area (Å²) in [6.07, 6.45) is 6.65. The molecule has 2 rings (SSSR count). The van der Waals surface area contributed by atoms with Crippen molar-refractivity contribution >= 4 is 18.0 Å². The van der Waals surface area contributed by atoms with Gasteiger partial charge in [-0.05, 0) is 48.7 Å². The second-order valence-corrected chi connectivity index (χ2v) is 7.04. The van der Waals surface area contributed by atoms with Gasteiger partial charge in [0.1, 0.15) is 18.5 Å². The van der Waals surface area contributed by atoms with Gasteiger partial charge in [0.15, 0.2) is 11.5 Å². The molecule has 0 saturated heterocycles. The van der Waals surface area contributed by atoms with E-state index in [9.17, 15) is 14.0 Å². The van der Waals surface area contributed by atoms with E-state index in [1.807, 2.05) is 6.92 Å². The molecule has 2 N–H and O–H groups in total. The lowest BCUT2D eigenvalue weighted by Gasteiger charge is -2.20. The first-order valence-corrected chi connectivity index (χ1v) is 10.1. The Morgan fingerprint density at radius 3 is 2.59 bits per heavy atom. The van der Waals surface area contributed by atoms with E-state index in [4.69, 9.17) is 15.9 Å². The van der Waals surface area contributed by atoms with Gasteiger partial charge in [-0.15, -0.1) is 6.42 Å². The van der Waals surface area contributed by atoms with Crippen molar-refractivity contribution in [2.24, 2.45) is 11.0 Å². The van der Waals surface area contributed by atoms with E-state index in [0.717, 1.165) is 0 Å². The minimum atomic E-state index is -0.905. The van der Waals surface area contributed by atoms with Crippen LogP contribution in [0.3, 0.4) is 0 Å². The van der Waals surface area contributed by atoms with Gasteiger partial charge in [0.05, 0.1) is 18.4 Å². The normalized spacial score (nSPS) is 11.6. The van der Waals surface area contributed by atoms with E-state index < -0.39 is 23.7 Å². The molecule has 0 saturated carbocycles. The lowest BCUT2D eigenvalue weighted by Crippen LogP contribution is -2.48. The number of benzene rings is 2. The molecule has 0 radical (unpaired) electrons. The Balaban J connectivity index is 2.06. The van der Waals surface area contributed by atoms with Crippen LogP contribution in [0.2, 0.25) is 0 Å². The largest absolute Gasteiger partial charge is 0.490 e. The molecule has 1 unspecified atom stereocenters. The summed E-state index contributed by atoms with van der Waals surface area (Å²) in [7, 11) is 0. The molecule has 0 heterocycles. The number of nitrogens with zero attached hydrogens (tertiary/aromatic N) is 1. The van der Waals surface area contributed by atoms with Crippen LogP contribution < -0.4 is 20.2 Å². The van der Waals surface area contributed by atoms with Crippen molar-refractivity contribution in [3.63, 3.8) is 0 Å². The number of amides is 2. The molecule has 0 aliphatic heterocycles. The van der Waals surface area contributed by atoms with E-state index in [2.05, 4.69) is 21.8 Å². The predicted octanol–water partition coefficient (Wildman–Crippen LogP) is 3.14. The van der Waals surface area contributed by atoms with Crippen LogP contribution in [0.1, 0.15) is 36.7 Å². The summed E-state index contributed by atoms with van der Waals surface area (Å²) in [5.41, 5.74) is 2.92. The summed E-state index contributed by atoms with van der Waals surface area (Å²) in [4.78, 5) is 25.0. The van der Waals surface area contributed by atoms with Crippen LogP contribution in [0.5, 0.6) is 11.5 Å². The molecule has 0 aliphatic carbocycles. The van der Waals surface area contributed by atoms with Gasteiger partial charge in [0.25, 0.3) is 11.8 Å². The van der Waals surface area contributed by atoms with Crippen LogP contribution in [-0.2, 0) is 4.79 Å². The quantitative estimate of drug-likeness (QED) is 0.338. The lowest BCUT2D eigenvalue weighted by atomic mass is 10.0. The second kappa shape index (κ2) is 12.1. The predicted molar refractivity (Wildman–Crippen MR) is 120 cm³/mol. The van der Waals surface area contributed by atoms with Crippen molar-refractivity contribution in [1.82, 2.24) is 10.7 Å². The lowest BCUT2D eigenvalue weighted by molar-refractivity contribution is -0.123. The van der Waals surface area contributed by atoms with Gasteiger partial charge >= 0.3 is 0 Å². The van der Waals surface area contributed by atoms with Crippen LogP contribution in [0.25, 0.3) is 0 Å². The molecule has 32 heavy (non-hydrogen) atoms. The Kier molecular flexibility index (Phi) is 9.23. The van der Waals surface area contributed by atoms with Gasteiger partial charge in [-0.2, -0.15) is 5.10 Å². The van der Waals surface area contributed by atoms with Gasteiger partial charge < -0.3 is 14.8 Å². The number of nitrogens with one attached hydrogen (secondary N) is 2. The number of carbonyl (C=O) groups excluding carboxylic acids is 2. The molecule has 0 spiro atoms. The number of ether oxygens (including phenoxy) is 2. The first-order chi connectivity index (χ1) is 15.4.